The van der Waals surface area contributed by atoms with Gasteiger partial charge < -0.3 is 4.74 Å². The first-order valence-corrected chi connectivity index (χ1v) is 4.93. The fourth-order valence-electron chi connectivity index (χ4n) is 1.41. The minimum absolute atomic E-state index is 0.111. The molecular weight excluding hydrogens is 188 g/mol. The van der Waals surface area contributed by atoms with Crippen molar-refractivity contribution in [2.75, 3.05) is 7.11 Å². The van der Waals surface area contributed by atoms with Crippen molar-refractivity contribution in [2.24, 2.45) is 0 Å². The van der Waals surface area contributed by atoms with Crippen LogP contribution in [0.3, 0.4) is 0 Å². The number of para-hydroxylation sites is 1. The number of carbonyl (C=O) groups is 1. The molecule has 2 heteroatoms. The van der Waals surface area contributed by atoms with Gasteiger partial charge in [0.25, 0.3) is 0 Å². The van der Waals surface area contributed by atoms with E-state index in [1.165, 1.54) is 0 Å². The highest BCUT2D eigenvalue weighted by atomic mass is 16.5. The van der Waals surface area contributed by atoms with E-state index in [9.17, 15) is 4.79 Å². The molecule has 0 bridgehead atoms. The lowest BCUT2D eigenvalue weighted by molar-refractivity contribution is -0.114. The van der Waals surface area contributed by atoms with E-state index in [0.29, 0.717) is 6.42 Å². The summed E-state index contributed by atoms with van der Waals surface area (Å²) in [6.45, 7) is 3.83. The molecule has 0 radical (unpaired) electrons. The van der Waals surface area contributed by atoms with Gasteiger partial charge in [-0.25, -0.2) is 0 Å². The van der Waals surface area contributed by atoms with Crippen LogP contribution in [0.25, 0.3) is 0 Å². The SMILES string of the molecule is COc1ccccc1CC(=O)C=C(C)C. The second-order valence-corrected chi connectivity index (χ2v) is 3.68. The maximum Gasteiger partial charge on any atom is 0.160 e. The number of hydrogen-bond acceptors (Lipinski definition) is 2. The maximum atomic E-state index is 11.6. The first-order valence-electron chi connectivity index (χ1n) is 4.93. The minimum Gasteiger partial charge on any atom is -0.496 e. The van der Waals surface area contributed by atoms with Gasteiger partial charge in [-0.15, -0.1) is 0 Å². The molecule has 0 heterocycles. The zero-order chi connectivity index (χ0) is 11.3. The summed E-state index contributed by atoms with van der Waals surface area (Å²) in [5, 5.41) is 0. The highest BCUT2D eigenvalue weighted by Crippen LogP contribution is 2.18. The standard InChI is InChI=1S/C13H16O2/c1-10(2)8-12(14)9-11-6-4-5-7-13(11)15-3/h4-8H,9H2,1-3H3. The molecule has 80 valence electrons. The molecule has 0 N–H and O–H groups in total. The summed E-state index contributed by atoms with van der Waals surface area (Å²) in [7, 11) is 1.62. The number of allylic oxidation sites excluding steroid dienone is 2. The lowest BCUT2D eigenvalue weighted by atomic mass is 10.1. The van der Waals surface area contributed by atoms with Crippen LogP contribution in [-0.2, 0) is 11.2 Å². The van der Waals surface area contributed by atoms with Gasteiger partial charge in [0.05, 0.1) is 7.11 Å². The van der Waals surface area contributed by atoms with Crippen molar-refractivity contribution < 1.29 is 9.53 Å². The van der Waals surface area contributed by atoms with Gasteiger partial charge in [-0.05, 0) is 26.0 Å². The molecule has 0 aliphatic rings. The molecule has 0 aliphatic heterocycles. The molecule has 0 aliphatic carbocycles. The Bertz CT molecular complexity index is 374. The van der Waals surface area contributed by atoms with Gasteiger partial charge in [-0.1, -0.05) is 23.8 Å². The summed E-state index contributed by atoms with van der Waals surface area (Å²) in [5.74, 6) is 0.882. The zero-order valence-electron chi connectivity index (χ0n) is 9.41. The van der Waals surface area contributed by atoms with Crippen molar-refractivity contribution >= 4 is 5.78 Å². The second-order valence-electron chi connectivity index (χ2n) is 3.68. The van der Waals surface area contributed by atoms with Gasteiger partial charge in [0, 0.05) is 12.0 Å². The van der Waals surface area contributed by atoms with Crippen LogP contribution in [0.4, 0.5) is 0 Å². The number of methoxy groups -OCH3 is 1. The highest BCUT2D eigenvalue weighted by Gasteiger charge is 2.05. The van der Waals surface area contributed by atoms with Gasteiger partial charge in [0.1, 0.15) is 5.75 Å². The predicted molar refractivity (Wildman–Crippen MR) is 61.1 cm³/mol. The van der Waals surface area contributed by atoms with Crippen LogP contribution in [0, 0.1) is 0 Å². The molecule has 0 aromatic heterocycles. The van der Waals surface area contributed by atoms with Gasteiger partial charge >= 0.3 is 0 Å². The Hall–Kier alpha value is -1.57. The highest BCUT2D eigenvalue weighted by molar-refractivity contribution is 5.92. The second kappa shape index (κ2) is 5.35. The average Bonchev–Trinajstić information content (AvgIpc) is 2.17. The topological polar surface area (TPSA) is 26.3 Å². The predicted octanol–water partition coefficient (Wildman–Crippen LogP) is 2.77. The third-order valence-corrected chi connectivity index (χ3v) is 2.01. The third-order valence-electron chi connectivity index (χ3n) is 2.01. The quantitative estimate of drug-likeness (QED) is 0.705. The van der Waals surface area contributed by atoms with E-state index in [1.807, 2.05) is 38.1 Å². The molecule has 0 spiro atoms. The van der Waals surface area contributed by atoms with Crippen LogP contribution >= 0.6 is 0 Å². The van der Waals surface area contributed by atoms with E-state index in [0.717, 1.165) is 16.9 Å². The third kappa shape index (κ3) is 3.58. The molecule has 0 saturated heterocycles. The Balaban J connectivity index is 2.80. The molecule has 0 amide bonds. The summed E-state index contributed by atoms with van der Waals surface area (Å²) in [5.41, 5.74) is 1.96. The number of benzene rings is 1. The maximum absolute atomic E-state index is 11.6. The van der Waals surface area contributed by atoms with Crippen LogP contribution in [0.1, 0.15) is 19.4 Å². The Labute approximate surface area is 90.6 Å². The first kappa shape index (κ1) is 11.5. The Morgan fingerprint density at radius 1 is 1.33 bits per heavy atom. The van der Waals surface area contributed by atoms with Gasteiger partial charge in [0.15, 0.2) is 5.78 Å². The van der Waals surface area contributed by atoms with Crippen molar-refractivity contribution in [2.45, 2.75) is 20.3 Å². The molecular formula is C13H16O2. The van der Waals surface area contributed by atoms with Crippen LogP contribution < -0.4 is 4.74 Å². The molecule has 0 unspecified atom stereocenters. The van der Waals surface area contributed by atoms with Crippen LogP contribution in [-0.4, -0.2) is 12.9 Å². The molecule has 0 saturated carbocycles. The Morgan fingerprint density at radius 2 is 2.00 bits per heavy atom. The zero-order valence-corrected chi connectivity index (χ0v) is 9.41. The molecule has 1 aromatic carbocycles. The van der Waals surface area contributed by atoms with Crippen molar-refractivity contribution in [1.82, 2.24) is 0 Å². The summed E-state index contributed by atoms with van der Waals surface area (Å²) in [6, 6.07) is 7.59. The molecule has 0 fully saturated rings. The number of hydrogen-bond donors (Lipinski definition) is 0. The minimum atomic E-state index is 0.111. The fraction of sp³-hybridized carbons (Fsp3) is 0.308. The summed E-state index contributed by atoms with van der Waals surface area (Å²) >= 11 is 0. The smallest absolute Gasteiger partial charge is 0.160 e. The van der Waals surface area contributed by atoms with Crippen molar-refractivity contribution in [1.29, 1.82) is 0 Å². The van der Waals surface area contributed by atoms with E-state index in [2.05, 4.69) is 0 Å². The van der Waals surface area contributed by atoms with Crippen molar-refractivity contribution in [3.8, 4) is 5.75 Å². The molecule has 1 rings (SSSR count). The van der Waals surface area contributed by atoms with Gasteiger partial charge in [-0.2, -0.15) is 0 Å². The van der Waals surface area contributed by atoms with E-state index >= 15 is 0 Å². The largest absolute Gasteiger partial charge is 0.496 e. The van der Waals surface area contributed by atoms with Gasteiger partial charge in [0.2, 0.25) is 0 Å². The average molecular weight is 204 g/mol. The number of carbonyl (C=O) groups excluding carboxylic acids is 1. The molecule has 0 atom stereocenters. The summed E-state index contributed by atoms with van der Waals surface area (Å²) in [4.78, 5) is 11.6. The fourth-order valence-corrected chi connectivity index (χ4v) is 1.41. The molecule has 1 aromatic rings. The first-order chi connectivity index (χ1) is 7.13. The van der Waals surface area contributed by atoms with Crippen LogP contribution in [0.5, 0.6) is 5.75 Å². The van der Waals surface area contributed by atoms with Crippen LogP contribution in [0.2, 0.25) is 0 Å². The molecule has 2 nitrogen and oxygen atoms in total. The monoisotopic (exact) mass is 204 g/mol. The van der Waals surface area contributed by atoms with Crippen molar-refractivity contribution in [3.63, 3.8) is 0 Å². The number of ketones is 1. The summed E-state index contributed by atoms with van der Waals surface area (Å²) < 4.78 is 5.18. The molecule has 15 heavy (non-hydrogen) atoms. The normalized spacial score (nSPS) is 9.53. The Morgan fingerprint density at radius 3 is 2.60 bits per heavy atom. The van der Waals surface area contributed by atoms with E-state index in [1.54, 1.807) is 13.2 Å². The Kier molecular flexibility index (Phi) is 4.10. The number of rotatable bonds is 4. The van der Waals surface area contributed by atoms with E-state index in [-0.39, 0.29) is 5.78 Å². The lowest BCUT2D eigenvalue weighted by Crippen LogP contribution is -2.01. The van der Waals surface area contributed by atoms with Crippen molar-refractivity contribution in [3.05, 3.63) is 41.5 Å². The number of ether oxygens (including phenoxy) is 1. The lowest BCUT2D eigenvalue weighted by Gasteiger charge is -2.05. The summed E-state index contributed by atoms with van der Waals surface area (Å²) in [6.07, 6.45) is 2.06. The van der Waals surface area contributed by atoms with Gasteiger partial charge in [-0.3, -0.25) is 4.79 Å². The van der Waals surface area contributed by atoms with E-state index < -0.39 is 0 Å². The van der Waals surface area contributed by atoms with E-state index in [4.69, 9.17) is 4.74 Å². The van der Waals surface area contributed by atoms with Crippen LogP contribution in [0.15, 0.2) is 35.9 Å².